The lowest BCUT2D eigenvalue weighted by Gasteiger charge is -2.21. The van der Waals surface area contributed by atoms with Gasteiger partial charge in [-0.2, -0.15) is 4.98 Å². The Kier molecular flexibility index (Phi) is 2.88. The van der Waals surface area contributed by atoms with E-state index in [0.29, 0.717) is 5.95 Å². The lowest BCUT2D eigenvalue weighted by atomic mass is 10.1. The maximum Gasteiger partial charge on any atom is 0.224 e. The van der Waals surface area contributed by atoms with Crippen molar-refractivity contribution in [1.29, 1.82) is 0 Å². The van der Waals surface area contributed by atoms with Gasteiger partial charge in [0.1, 0.15) is 0 Å². The first-order valence-electron chi connectivity index (χ1n) is 4.41. The normalized spacial score (nSPS) is 11.2. The molecule has 0 fully saturated rings. The first kappa shape index (κ1) is 10.7. The molecule has 4 nitrogen and oxygen atoms in total. The number of hydrogen-bond donors (Lipinski definition) is 2. The van der Waals surface area contributed by atoms with Crippen molar-refractivity contribution in [1.82, 2.24) is 9.97 Å². The third-order valence-corrected chi connectivity index (χ3v) is 1.46. The summed E-state index contributed by atoms with van der Waals surface area (Å²) in [6, 6.07) is 0. The Labute approximate surface area is 83.0 Å². The summed E-state index contributed by atoms with van der Waals surface area (Å²) >= 11 is 0. The first-order chi connectivity index (χ1) is 6.42. The van der Waals surface area contributed by atoms with Gasteiger partial charge in [0.2, 0.25) is 5.95 Å². The van der Waals surface area contributed by atoms with E-state index in [1.807, 2.05) is 20.8 Å². The SMILES string of the molecule is CNc1ncc(F)c(NC(C)(C)C)n1. The van der Waals surface area contributed by atoms with Gasteiger partial charge in [-0.1, -0.05) is 0 Å². The lowest BCUT2D eigenvalue weighted by Crippen LogP contribution is -2.27. The summed E-state index contributed by atoms with van der Waals surface area (Å²) in [6.07, 6.45) is 1.15. The number of aromatic nitrogens is 2. The van der Waals surface area contributed by atoms with Gasteiger partial charge in [-0.05, 0) is 20.8 Å². The highest BCUT2D eigenvalue weighted by Crippen LogP contribution is 2.16. The number of nitrogens with zero attached hydrogens (tertiary/aromatic N) is 2. The third-order valence-electron chi connectivity index (χ3n) is 1.46. The molecule has 0 aliphatic rings. The summed E-state index contributed by atoms with van der Waals surface area (Å²) in [5.74, 6) is 0.175. The topological polar surface area (TPSA) is 49.8 Å². The zero-order valence-electron chi connectivity index (χ0n) is 8.85. The second kappa shape index (κ2) is 3.77. The van der Waals surface area contributed by atoms with Gasteiger partial charge in [0.25, 0.3) is 0 Å². The summed E-state index contributed by atoms with van der Waals surface area (Å²) in [6.45, 7) is 5.81. The van der Waals surface area contributed by atoms with Crippen LogP contribution in [0.2, 0.25) is 0 Å². The van der Waals surface area contributed by atoms with Crippen molar-refractivity contribution in [3.63, 3.8) is 0 Å². The van der Waals surface area contributed by atoms with E-state index in [2.05, 4.69) is 20.6 Å². The molecule has 1 heterocycles. The Morgan fingerprint density at radius 1 is 1.36 bits per heavy atom. The van der Waals surface area contributed by atoms with Gasteiger partial charge in [-0.15, -0.1) is 0 Å². The molecule has 0 saturated carbocycles. The van der Waals surface area contributed by atoms with Gasteiger partial charge in [-0.25, -0.2) is 9.37 Å². The molecule has 0 spiro atoms. The van der Waals surface area contributed by atoms with Crippen molar-refractivity contribution in [3.8, 4) is 0 Å². The molecule has 0 saturated heterocycles. The molecule has 0 atom stereocenters. The molecule has 0 aromatic carbocycles. The maximum absolute atomic E-state index is 13.2. The van der Waals surface area contributed by atoms with E-state index in [1.165, 1.54) is 0 Å². The maximum atomic E-state index is 13.2. The fraction of sp³-hybridized carbons (Fsp3) is 0.556. The van der Waals surface area contributed by atoms with Crippen LogP contribution in [0.25, 0.3) is 0 Å². The Bertz CT molecular complexity index is 319. The molecule has 0 bridgehead atoms. The fourth-order valence-electron chi connectivity index (χ4n) is 0.930. The fourth-order valence-corrected chi connectivity index (χ4v) is 0.930. The molecular formula is C9H15FN4. The third kappa shape index (κ3) is 2.83. The lowest BCUT2D eigenvalue weighted by molar-refractivity contribution is 0.586. The van der Waals surface area contributed by atoms with Gasteiger partial charge in [0.15, 0.2) is 11.6 Å². The number of hydrogen-bond acceptors (Lipinski definition) is 4. The van der Waals surface area contributed by atoms with Crippen LogP contribution in [0.3, 0.4) is 0 Å². The predicted octanol–water partition coefficient (Wildman–Crippen LogP) is 1.87. The van der Waals surface area contributed by atoms with Crippen LogP contribution in [0.5, 0.6) is 0 Å². The number of rotatable bonds is 2. The Balaban J connectivity index is 2.95. The summed E-state index contributed by atoms with van der Waals surface area (Å²) in [5.41, 5.74) is -0.222. The summed E-state index contributed by atoms with van der Waals surface area (Å²) in [5, 5.41) is 5.71. The average molecular weight is 198 g/mol. The standard InChI is InChI=1S/C9H15FN4/c1-9(2,3)14-7-6(10)5-12-8(11-4)13-7/h5H,1-4H3,(H2,11,12,13,14). The minimum absolute atomic E-state index is 0.219. The van der Waals surface area contributed by atoms with Crippen molar-refractivity contribution in [2.45, 2.75) is 26.3 Å². The molecule has 0 aliphatic heterocycles. The largest absolute Gasteiger partial charge is 0.363 e. The Morgan fingerprint density at radius 3 is 2.50 bits per heavy atom. The summed E-state index contributed by atoms with van der Waals surface area (Å²) < 4.78 is 13.2. The van der Waals surface area contributed by atoms with E-state index in [1.54, 1.807) is 7.05 Å². The highest BCUT2D eigenvalue weighted by atomic mass is 19.1. The second-order valence-electron chi connectivity index (χ2n) is 4.02. The van der Waals surface area contributed by atoms with Gasteiger partial charge in [0.05, 0.1) is 6.20 Å². The summed E-state index contributed by atoms with van der Waals surface area (Å²) in [4.78, 5) is 7.72. The number of halogens is 1. The molecule has 14 heavy (non-hydrogen) atoms. The quantitative estimate of drug-likeness (QED) is 0.761. The van der Waals surface area contributed by atoms with Crippen LogP contribution in [0.15, 0.2) is 6.20 Å². The van der Waals surface area contributed by atoms with E-state index >= 15 is 0 Å². The predicted molar refractivity (Wildman–Crippen MR) is 54.9 cm³/mol. The highest BCUT2D eigenvalue weighted by Gasteiger charge is 2.14. The molecule has 1 rings (SSSR count). The van der Waals surface area contributed by atoms with E-state index < -0.39 is 5.82 Å². The second-order valence-corrected chi connectivity index (χ2v) is 4.02. The zero-order chi connectivity index (χ0) is 10.8. The highest BCUT2D eigenvalue weighted by molar-refractivity contribution is 5.42. The van der Waals surface area contributed by atoms with Gasteiger partial charge >= 0.3 is 0 Å². The van der Waals surface area contributed by atoms with Crippen LogP contribution in [-0.4, -0.2) is 22.6 Å². The average Bonchev–Trinajstić information content (AvgIpc) is 2.06. The molecule has 0 radical (unpaired) electrons. The molecule has 2 N–H and O–H groups in total. The molecule has 1 aromatic rings. The zero-order valence-corrected chi connectivity index (χ0v) is 8.85. The molecule has 0 aliphatic carbocycles. The van der Waals surface area contributed by atoms with Crippen molar-refractivity contribution >= 4 is 11.8 Å². The molecular weight excluding hydrogens is 183 g/mol. The van der Waals surface area contributed by atoms with Crippen LogP contribution < -0.4 is 10.6 Å². The van der Waals surface area contributed by atoms with E-state index in [-0.39, 0.29) is 11.4 Å². The van der Waals surface area contributed by atoms with Crippen molar-refractivity contribution in [3.05, 3.63) is 12.0 Å². The smallest absolute Gasteiger partial charge is 0.224 e. The molecule has 0 unspecified atom stereocenters. The van der Waals surface area contributed by atoms with E-state index in [4.69, 9.17) is 0 Å². The van der Waals surface area contributed by atoms with Crippen LogP contribution in [0.1, 0.15) is 20.8 Å². The van der Waals surface area contributed by atoms with Crippen molar-refractivity contribution in [2.24, 2.45) is 0 Å². The summed E-state index contributed by atoms with van der Waals surface area (Å²) in [7, 11) is 1.69. The molecule has 0 amide bonds. The minimum atomic E-state index is -0.445. The van der Waals surface area contributed by atoms with Gasteiger partial charge in [-0.3, -0.25) is 0 Å². The van der Waals surface area contributed by atoms with Crippen LogP contribution in [-0.2, 0) is 0 Å². The van der Waals surface area contributed by atoms with Crippen LogP contribution >= 0.6 is 0 Å². The monoisotopic (exact) mass is 198 g/mol. The number of nitrogens with one attached hydrogen (secondary N) is 2. The first-order valence-corrected chi connectivity index (χ1v) is 4.41. The van der Waals surface area contributed by atoms with Gasteiger partial charge in [0, 0.05) is 12.6 Å². The number of anilines is 2. The Morgan fingerprint density at radius 2 is 2.00 bits per heavy atom. The molecule has 5 heteroatoms. The van der Waals surface area contributed by atoms with E-state index in [9.17, 15) is 4.39 Å². The van der Waals surface area contributed by atoms with Gasteiger partial charge < -0.3 is 10.6 Å². The Hall–Kier alpha value is -1.39. The van der Waals surface area contributed by atoms with Crippen LogP contribution in [0, 0.1) is 5.82 Å². The molecule has 1 aromatic heterocycles. The van der Waals surface area contributed by atoms with Crippen molar-refractivity contribution < 1.29 is 4.39 Å². The molecule has 78 valence electrons. The minimum Gasteiger partial charge on any atom is -0.363 e. The van der Waals surface area contributed by atoms with Crippen LogP contribution in [0.4, 0.5) is 16.2 Å². The van der Waals surface area contributed by atoms with E-state index in [0.717, 1.165) is 6.20 Å². The van der Waals surface area contributed by atoms with Crippen molar-refractivity contribution in [2.75, 3.05) is 17.7 Å².